The zero-order valence-corrected chi connectivity index (χ0v) is 10.2. The second kappa shape index (κ2) is 5.71. The maximum absolute atomic E-state index is 8.71. The molecule has 2 rings (SSSR count). The number of nitriles is 2. The summed E-state index contributed by atoms with van der Waals surface area (Å²) in [7, 11) is 0. The lowest BCUT2D eigenvalue weighted by molar-refractivity contribution is 0.777. The minimum Gasteiger partial charge on any atom is -0.314 e. The summed E-state index contributed by atoms with van der Waals surface area (Å²) in [4.78, 5) is 17.0. The predicted octanol–water partition coefficient (Wildman–Crippen LogP) is -0.0407. The van der Waals surface area contributed by atoms with Crippen molar-refractivity contribution in [3.05, 3.63) is 17.9 Å². The fourth-order valence-corrected chi connectivity index (χ4v) is 1.40. The summed E-state index contributed by atoms with van der Waals surface area (Å²) in [6.45, 7) is -0.0740. The Morgan fingerprint density at radius 1 is 1.21 bits per heavy atom. The van der Waals surface area contributed by atoms with E-state index < -0.39 is 0 Å². The van der Waals surface area contributed by atoms with Crippen LogP contribution in [0.5, 0.6) is 0 Å². The predicted molar refractivity (Wildman–Crippen MR) is 63.2 cm³/mol. The van der Waals surface area contributed by atoms with E-state index in [1.54, 1.807) is 0 Å². The van der Waals surface area contributed by atoms with Gasteiger partial charge in [-0.2, -0.15) is 35.3 Å². The first kappa shape index (κ1) is 12.7. The zero-order valence-electron chi connectivity index (χ0n) is 9.47. The molecule has 0 spiro atoms. The van der Waals surface area contributed by atoms with Gasteiger partial charge in [-0.1, -0.05) is 0 Å². The molecule has 0 aromatic carbocycles. The highest BCUT2D eigenvalue weighted by Gasteiger charge is 2.13. The van der Waals surface area contributed by atoms with Crippen molar-refractivity contribution in [2.75, 3.05) is 18.0 Å². The number of nitrogens with zero attached hydrogens (tertiary/aromatic N) is 9. The van der Waals surface area contributed by atoms with E-state index in [9.17, 15) is 0 Å². The molecule has 10 heteroatoms. The fourth-order valence-electron chi connectivity index (χ4n) is 1.25. The Kier molecular flexibility index (Phi) is 3.81. The van der Waals surface area contributed by atoms with Crippen molar-refractivity contribution >= 4 is 17.5 Å². The summed E-state index contributed by atoms with van der Waals surface area (Å²) >= 11 is 5.80. The first-order chi connectivity index (χ1) is 9.24. The molecule has 0 bridgehead atoms. The lowest BCUT2D eigenvalue weighted by atomic mass is 10.5. The second-order valence-electron chi connectivity index (χ2n) is 3.22. The molecular formula is C9H6ClN9. The molecule has 9 nitrogen and oxygen atoms in total. The van der Waals surface area contributed by atoms with Crippen LogP contribution in [0.4, 0.5) is 5.95 Å². The number of halogens is 1. The maximum Gasteiger partial charge on any atom is 0.258 e. The van der Waals surface area contributed by atoms with Crippen molar-refractivity contribution in [2.45, 2.75) is 0 Å². The van der Waals surface area contributed by atoms with Crippen LogP contribution < -0.4 is 4.90 Å². The molecule has 0 aliphatic carbocycles. The van der Waals surface area contributed by atoms with E-state index in [1.165, 1.54) is 22.2 Å². The van der Waals surface area contributed by atoms with E-state index in [0.29, 0.717) is 0 Å². The van der Waals surface area contributed by atoms with Gasteiger partial charge >= 0.3 is 0 Å². The minimum absolute atomic E-state index is 0.0370. The lowest BCUT2D eigenvalue weighted by Crippen LogP contribution is -2.26. The highest BCUT2D eigenvalue weighted by atomic mass is 35.5. The standard InChI is InChI=1S/C9H6ClN9/c10-7-15-8(18(3-1-11)4-2-12)17-9(16-7)19-6-13-5-14-19/h5-6H,3-4H2. The van der Waals surface area contributed by atoms with Crippen LogP contribution in [0.15, 0.2) is 12.7 Å². The molecule has 0 fully saturated rings. The molecule has 94 valence electrons. The average Bonchev–Trinajstić information content (AvgIpc) is 2.91. The summed E-state index contributed by atoms with van der Waals surface area (Å²) in [6, 6.07) is 3.84. The van der Waals surface area contributed by atoms with Gasteiger partial charge in [0.25, 0.3) is 5.95 Å². The van der Waals surface area contributed by atoms with Crippen LogP contribution in [0.1, 0.15) is 0 Å². The van der Waals surface area contributed by atoms with Gasteiger partial charge in [0, 0.05) is 0 Å². The first-order valence-corrected chi connectivity index (χ1v) is 5.38. The Hall–Kier alpha value is -2.78. The van der Waals surface area contributed by atoms with Crippen LogP contribution in [0.3, 0.4) is 0 Å². The Morgan fingerprint density at radius 2 is 1.95 bits per heavy atom. The molecule has 0 saturated heterocycles. The molecule has 0 atom stereocenters. The van der Waals surface area contributed by atoms with Crippen LogP contribution in [0, 0.1) is 22.7 Å². The van der Waals surface area contributed by atoms with E-state index in [0.717, 1.165) is 0 Å². The Labute approximate surface area is 112 Å². The van der Waals surface area contributed by atoms with Gasteiger partial charge in [-0.15, -0.1) is 0 Å². The largest absolute Gasteiger partial charge is 0.314 e. The van der Waals surface area contributed by atoms with Gasteiger partial charge in [-0.3, -0.25) is 0 Å². The molecule has 0 amide bonds. The third kappa shape index (κ3) is 2.91. The molecule has 19 heavy (non-hydrogen) atoms. The van der Waals surface area contributed by atoms with Gasteiger partial charge < -0.3 is 4.90 Å². The smallest absolute Gasteiger partial charge is 0.258 e. The lowest BCUT2D eigenvalue weighted by Gasteiger charge is -2.15. The molecule has 0 radical (unpaired) electrons. The highest BCUT2D eigenvalue weighted by Crippen LogP contribution is 2.12. The molecule has 0 aliphatic heterocycles. The molecule has 2 aromatic rings. The van der Waals surface area contributed by atoms with Crippen molar-refractivity contribution < 1.29 is 0 Å². The Balaban J connectivity index is 2.41. The molecular weight excluding hydrogens is 270 g/mol. The summed E-state index contributed by atoms with van der Waals surface area (Å²) in [6.07, 6.45) is 2.72. The Bertz CT molecular complexity index is 623. The highest BCUT2D eigenvalue weighted by molar-refractivity contribution is 6.28. The van der Waals surface area contributed by atoms with Crippen LogP contribution in [-0.4, -0.2) is 42.8 Å². The van der Waals surface area contributed by atoms with E-state index in [-0.39, 0.29) is 30.3 Å². The monoisotopic (exact) mass is 275 g/mol. The molecule has 0 aliphatic rings. The molecule has 2 heterocycles. The third-order valence-electron chi connectivity index (χ3n) is 2.01. The summed E-state index contributed by atoms with van der Waals surface area (Å²) in [5.74, 6) is 0.293. The molecule has 0 saturated carbocycles. The van der Waals surface area contributed by atoms with Gasteiger partial charge in [-0.05, 0) is 11.6 Å². The SMILES string of the molecule is N#CCN(CC#N)c1nc(Cl)nc(-n2cncn2)n1. The topological polar surface area (TPSA) is 120 Å². The number of aromatic nitrogens is 6. The van der Waals surface area contributed by atoms with E-state index in [4.69, 9.17) is 22.1 Å². The fraction of sp³-hybridized carbons (Fsp3) is 0.222. The van der Waals surface area contributed by atoms with Crippen molar-refractivity contribution in [3.8, 4) is 18.1 Å². The molecule has 0 unspecified atom stereocenters. The van der Waals surface area contributed by atoms with Gasteiger partial charge in [0.2, 0.25) is 11.2 Å². The second-order valence-corrected chi connectivity index (χ2v) is 3.55. The van der Waals surface area contributed by atoms with E-state index in [2.05, 4.69) is 25.0 Å². The number of anilines is 1. The van der Waals surface area contributed by atoms with Gasteiger partial charge in [-0.25, -0.2) is 4.98 Å². The summed E-state index contributed by atoms with van der Waals surface area (Å²) < 4.78 is 1.30. The van der Waals surface area contributed by atoms with Crippen LogP contribution in [0.25, 0.3) is 5.95 Å². The van der Waals surface area contributed by atoms with Crippen LogP contribution >= 0.6 is 11.6 Å². The van der Waals surface area contributed by atoms with Gasteiger partial charge in [0.15, 0.2) is 0 Å². The zero-order chi connectivity index (χ0) is 13.7. The van der Waals surface area contributed by atoms with E-state index in [1.807, 2.05) is 12.1 Å². The van der Waals surface area contributed by atoms with E-state index >= 15 is 0 Å². The molecule has 2 aromatic heterocycles. The van der Waals surface area contributed by atoms with Gasteiger partial charge in [0.05, 0.1) is 12.1 Å². The van der Waals surface area contributed by atoms with Gasteiger partial charge in [0.1, 0.15) is 25.7 Å². The van der Waals surface area contributed by atoms with Crippen molar-refractivity contribution in [1.82, 2.24) is 29.7 Å². The van der Waals surface area contributed by atoms with Crippen molar-refractivity contribution in [1.29, 1.82) is 10.5 Å². The Morgan fingerprint density at radius 3 is 2.53 bits per heavy atom. The minimum atomic E-state index is -0.0589. The average molecular weight is 276 g/mol. The van der Waals surface area contributed by atoms with Crippen LogP contribution in [0.2, 0.25) is 5.28 Å². The number of hydrogen-bond donors (Lipinski definition) is 0. The van der Waals surface area contributed by atoms with Crippen molar-refractivity contribution in [2.24, 2.45) is 0 Å². The van der Waals surface area contributed by atoms with Crippen LogP contribution in [-0.2, 0) is 0 Å². The number of hydrogen-bond acceptors (Lipinski definition) is 8. The summed E-state index contributed by atoms with van der Waals surface area (Å²) in [5.41, 5.74) is 0. The molecule has 0 N–H and O–H groups in total. The quantitative estimate of drug-likeness (QED) is 0.713. The third-order valence-corrected chi connectivity index (χ3v) is 2.18. The number of rotatable bonds is 4. The summed E-state index contributed by atoms with van der Waals surface area (Å²) in [5, 5.41) is 21.2. The maximum atomic E-state index is 8.71. The first-order valence-electron chi connectivity index (χ1n) is 5.00. The normalized spacial score (nSPS) is 9.63. The van der Waals surface area contributed by atoms with Crippen molar-refractivity contribution in [3.63, 3.8) is 0 Å².